The summed E-state index contributed by atoms with van der Waals surface area (Å²) >= 11 is 0. The number of carbonyl (C=O) groups excluding carboxylic acids is 2. The lowest BCUT2D eigenvalue weighted by molar-refractivity contribution is -0.123. The Kier molecular flexibility index (Phi) is 8.81. The maximum atomic E-state index is 13.0. The molecule has 3 aromatic rings. The van der Waals surface area contributed by atoms with E-state index in [0.717, 1.165) is 53.6 Å². The Labute approximate surface area is 249 Å². The fourth-order valence-electron chi connectivity index (χ4n) is 6.71. The number of aliphatic hydroxyl groups is 1. The van der Waals surface area contributed by atoms with E-state index < -0.39 is 11.1 Å². The summed E-state index contributed by atoms with van der Waals surface area (Å²) in [5.74, 6) is 0.785. The predicted molar refractivity (Wildman–Crippen MR) is 167 cm³/mol. The van der Waals surface area contributed by atoms with Crippen LogP contribution in [0.3, 0.4) is 0 Å². The van der Waals surface area contributed by atoms with Crippen LogP contribution in [0.4, 0.5) is 5.69 Å². The van der Waals surface area contributed by atoms with Gasteiger partial charge in [-0.3, -0.25) is 14.6 Å². The first-order valence-corrected chi connectivity index (χ1v) is 15.3. The summed E-state index contributed by atoms with van der Waals surface area (Å²) in [4.78, 5) is 30.0. The third kappa shape index (κ3) is 7.26. The minimum atomic E-state index is -0.708. The fourth-order valence-corrected chi connectivity index (χ4v) is 6.71. The van der Waals surface area contributed by atoms with Crippen molar-refractivity contribution >= 4 is 17.5 Å². The Morgan fingerprint density at radius 2 is 1.64 bits per heavy atom. The molecule has 0 atom stereocenters. The summed E-state index contributed by atoms with van der Waals surface area (Å²) in [6.07, 6.45) is 7.53. The van der Waals surface area contributed by atoms with E-state index in [1.807, 2.05) is 67.6 Å². The fraction of sp³-hybridized carbons (Fsp3) is 0.457. The molecule has 2 aliphatic carbocycles. The van der Waals surface area contributed by atoms with Crippen molar-refractivity contribution in [2.75, 3.05) is 5.32 Å². The van der Waals surface area contributed by atoms with Crippen LogP contribution in [0, 0.1) is 11.8 Å². The molecule has 222 valence electrons. The number of aromatic nitrogens is 1. The van der Waals surface area contributed by atoms with E-state index in [4.69, 9.17) is 10.7 Å². The van der Waals surface area contributed by atoms with Gasteiger partial charge in [-0.15, -0.1) is 0 Å². The Morgan fingerprint density at radius 3 is 2.26 bits per heavy atom. The van der Waals surface area contributed by atoms with Crippen molar-refractivity contribution in [2.24, 2.45) is 17.6 Å². The smallest absolute Gasteiger partial charge is 0.224 e. The molecule has 0 unspecified atom stereocenters. The molecule has 2 aliphatic rings. The molecule has 2 aromatic carbocycles. The van der Waals surface area contributed by atoms with Crippen molar-refractivity contribution < 1.29 is 14.7 Å². The van der Waals surface area contributed by atoms with Gasteiger partial charge < -0.3 is 21.5 Å². The summed E-state index contributed by atoms with van der Waals surface area (Å²) in [5, 5.41) is 16.5. The number of benzene rings is 2. The average Bonchev–Trinajstić information content (AvgIpc) is 2.93. The first kappa shape index (κ1) is 29.9. The lowest BCUT2D eigenvalue weighted by Gasteiger charge is -2.49. The number of amides is 2. The molecule has 1 heterocycles. The van der Waals surface area contributed by atoms with Crippen LogP contribution in [0.5, 0.6) is 0 Å². The SMILES string of the molecule is CC(C)CC(=O)NC1CCC(CC(=O)Nc2cnc(-c3ccc(C4(N)CC(C)(O)C4)cc3)c(-c3ccccc3)c2)CC1. The van der Waals surface area contributed by atoms with Crippen LogP contribution in [-0.4, -0.2) is 33.5 Å². The van der Waals surface area contributed by atoms with Crippen LogP contribution in [0.1, 0.15) is 77.7 Å². The van der Waals surface area contributed by atoms with Gasteiger partial charge in [0, 0.05) is 35.5 Å². The number of nitrogens with one attached hydrogen (secondary N) is 2. The van der Waals surface area contributed by atoms with Crippen LogP contribution in [0.25, 0.3) is 22.4 Å². The molecule has 5 N–H and O–H groups in total. The minimum Gasteiger partial charge on any atom is -0.390 e. The van der Waals surface area contributed by atoms with Crippen LogP contribution in [0.15, 0.2) is 66.9 Å². The maximum absolute atomic E-state index is 13.0. The molecule has 7 nitrogen and oxygen atoms in total. The van der Waals surface area contributed by atoms with Crippen LogP contribution >= 0.6 is 0 Å². The summed E-state index contributed by atoms with van der Waals surface area (Å²) in [6, 6.07) is 20.4. The van der Waals surface area contributed by atoms with E-state index in [-0.39, 0.29) is 17.9 Å². The van der Waals surface area contributed by atoms with E-state index >= 15 is 0 Å². The number of pyridine rings is 1. The van der Waals surface area contributed by atoms with Crippen LogP contribution in [-0.2, 0) is 15.1 Å². The zero-order valence-electron chi connectivity index (χ0n) is 25.0. The van der Waals surface area contributed by atoms with Gasteiger partial charge >= 0.3 is 0 Å². The number of nitrogens with two attached hydrogens (primary N) is 1. The largest absolute Gasteiger partial charge is 0.390 e. The Balaban J connectivity index is 1.25. The second-order valence-corrected chi connectivity index (χ2v) is 13.2. The first-order valence-electron chi connectivity index (χ1n) is 15.3. The highest BCUT2D eigenvalue weighted by atomic mass is 16.3. The van der Waals surface area contributed by atoms with Crippen molar-refractivity contribution in [3.05, 3.63) is 72.4 Å². The number of carbonyl (C=O) groups is 2. The molecule has 0 saturated heterocycles. The highest BCUT2D eigenvalue weighted by Crippen LogP contribution is 2.46. The topological polar surface area (TPSA) is 117 Å². The molecule has 0 aliphatic heterocycles. The average molecular weight is 569 g/mol. The summed E-state index contributed by atoms with van der Waals surface area (Å²) in [7, 11) is 0. The lowest BCUT2D eigenvalue weighted by atomic mass is 9.63. The van der Waals surface area contributed by atoms with E-state index in [2.05, 4.69) is 24.5 Å². The summed E-state index contributed by atoms with van der Waals surface area (Å²) in [5.41, 5.74) is 10.8. The monoisotopic (exact) mass is 568 g/mol. The molecule has 0 bridgehead atoms. The number of hydrogen-bond acceptors (Lipinski definition) is 5. The van der Waals surface area contributed by atoms with Gasteiger partial charge in [0.05, 0.1) is 23.2 Å². The number of anilines is 1. The van der Waals surface area contributed by atoms with Gasteiger partial charge in [-0.25, -0.2) is 0 Å². The molecule has 0 spiro atoms. The van der Waals surface area contributed by atoms with E-state index in [0.29, 0.717) is 43.2 Å². The minimum absolute atomic E-state index is 0.00941. The van der Waals surface area contributed by atoms with Gasteiger partial charge in [0.1, 0.15) is 0 Å². The van der Waals surface area contributed by atoms with Gasteiger partial charge in [0.25, 0.3) is 0 Å². The zero-order valence-corrected chi connectivity index (χ0v) is 25.0. The molecule has 1 aromatic heterocycles. The molecular weight excluding hydrogens is 524 g/mol. The maximum Gasteiger partial charge on any atom is 0.224 e. The van der Waals surface area contributed by atoms with E-state index in [1.165, 1.54) is 0 Å². The molecular formula is C35H44N4O3. The van der Waals surface area contributed by atoms with Crippen LogP contribution in [0.2, 0.25) is 0 Å². The first-order chi connectivity index (χ1) is 20.0. The molecule has 2 saturated carbocycles. The van der Waals surface area contributed by atoms with Gasteiger partial charge in [0.2, 0.25) is 11.8 Å². The third-order valence-electron chi connectivity index (χ3n) is 8.66. The Bertz CT molecular complexity index is 1390. The highest BCUT2D eigenvalue weighted by molar-refractivity contribution is 5.93. The van der Waals surface area contributed by atoms with Gasteiger partial charge in [0.15, 0.2) is 0 Å². The Morgan fingerprint density at radius 1 is 0.976 bits per heavy atom. The second kappa shape index (κ2) is 12.4. The van der Waals surface area contributed by atoms with Crippen molar-refractivity contribution in [1.82, 2.24) is 10.3 Å². The molecule has 42 heavy (non-hydrogen) atoms. The van der Waals surface area contributed by atoms with E-state index in [1.54, 1.807) is 6.20 Å². The summed E-state index contributed by atoms with van der Waals surface area (Å²) in [6.45, 7) is 5.93. The Hall–Kier alpha value is -3.55. The normalized spacial score (nSPS) is 25.5. The molecule has 7 heteroatoms. The van der Waals surface area contributed by atoms with E-state index in [9.17, 15) is 14.7 Å². The molecule has 2 fully saturated rings. The van der Waals surface area contributed by atoms with Gasteiger partial charge in [-0.1, -0.05) is 68.4 Å². The number of rotatable bonds is 9. The number of hydrogen-bond donors (Lipinski definition) is 4. The third-order valence-corrected chi connectivity index (χ3v) is 8.66. The second-order valence-electron chi connectivity index (χ2n) is 13.2. The zero-order chi connectivity index (χ0) is 29.9. The van der Waals surface area contributed by atoms with Crippen LogP contribution < -0.4 is 16.4 Å². The standard InChI is InChI=1S/C35H44N4O3/c1-23(2)17-31(40)38-28-15-9-24(10-16-28)18-32(41)39-29-19-30(25-7-5-4-6-8-25)33(37-20-29)26-11-13-27(14-12-26)35(36)21-34(3,42)22-35/h4-8,11-14,19-20,23-24,28,42H,9-10,15-18,21-22,36H2,1-3H3,(H,38,40)(H,39,41). The molecule has 5 rings (SSSR count). The summed E-state index contributed by atoms with van der Waals surface area (Å²) < 4.78 is 0. The van der Waals surface area contributed by atoms with Crippen molar-refractivity contribution in [1.29, 1.82) is 0 Å². The van der Waals surface area contributed by atoms with Crippen molar-refractivity contribution in [2.45, 2.75) is 89.3 Å². The van der Waals surface area contributed by atoms with Crippen molar-refractivity contribution in [3.8, 4) is 22.4 Å². The lowest BCUT2D eigenvalue weighted by Crippen LogP contribution is -2.58. The predicted octanol–water partition coefficient (Wildman–Crippen LogP) is 6.16. The highest BCUT2D eigenvalue weighted by Gasteiger charge is 2.49. The quantitative estimate of drug-likeness (QED) is 0.246. The molecule has 2 amide bonds. The van der Waals surface area contributed by atoms with Gasteiger partial charge in [-0.2, -0.15) is 0 Å². The van der Waals surface area contributed by atoms with Gasteiger partial charge in [-0.05, 0) is 74.5 Å². The number of nitrogens with zero attached hydrogens (tertiary/aromatic N) is 1. The molecule has 0 radical (unpaired) electrons. The van der Waals surface area contributed by atoms with Crippen molar-refractivity contribution in [3.63, 3.8) is 0 Å².